The number of carbonyl (C=O) groups is 1. The van der Waals surface area contributed by atoms with Crippen molar-refractivity contribution in [3.63, 3.8) is 0 Å². The molecule has 2 aromatic carbocycles. The van der Waals surface area contributed by atoms with Crippen LogP contribution in [0.4, 0.5) is 18.9 Å². The third kappa shape index (κ3) is 5.09. The molecule has 0 saturated carbocycles. The third-order valence-corrected chi connectivity index (χ3v) is 5.06. The second-order valence-electron chi connectivity index (χ2n) is 5.49. The van der Waals surface area contributed by atoms with E-state index in [-0.39, 0.29) is 15.0 Å². The highest BCUT2D eigenvalue weighted by Crippen LogP contribution is 2.30. The minimum atomic E-state index is -4.41. The number of hydrogen-bond acceptors (Lipinski definition) is 4. The van der Waals surface area contributed by atoms with Gasteiger partial charge in [0, 0.05) is 10.7 Å². The van der Waals surface area contributed by atoms with Crippen molar-refractivity contribution >= 4 is 57.2 Å². The summed E-state index contributed by atoms with van der Waals surface area (Å²) in [6.45, 7) is 0. The lowest BCUT2D eigenvalue weighted by Gasteiger charge is -2.06. The second kappa shape index (κ2) is 8.30. The van der Waals surface area contributed by atoms with Crippen LogP contribution in [0.2, 0.25) is 5.02 Å². The molecule has 1 amide bonds. The summed E-state index contributed by atoms with van der Waals surface area (Å²) < 4.78 is 37.8. The van der Waals surface area contributed by atoms with E-state index in [2.05, 4.69) is 15.5 Å². The average Bonchev–Trinajstić information content (AvgIpc) is 3.14. The van der Waals surface area contributed by atoms with Gasteiger partial charge >= 0.3 is 6.18 Å². The molecule has 1 heterocycles. The van der Waals surface area contributed by atoms with E-state index >= 15 is 0 Å². The van der Waals surface area contributed by atoms with Crippen LogP contribution < -0.4 is 5.32 Å². The Balaban J connectivity index is 1.72. The molecule has 0 radical (unpaired) electrons. The molecule has 0 bridgehead atoms. The van der Waals surface area contributed by atoms with Gasteiger partial charge in [0.1, 0.15) is 0 Å². The van der Waals surface area contributed by atoms with E-state index in [1.165, 1.54) is 18.2 Å². The molecule has 0 spiro atoms. The number of carbonyl (C=O) groups excluding carboxylic acids is 1. The first kappa shape index (κ1) is 20.3. The third-order valence-electron chi connectivity index (χ3n) is 3.46. The van der Waals surface area contributed by atoms with Crippen LogP contribution in [-0.4, -0.2) is 16.1 Å². The van der Waals surface area contributed by atoms with Crippen LogP contribution in [0.15, 0.2) is 48.5 Å². The lowest BCUT2D eigenvalue weighted by Crippen LogP contribution is -2.11. The topological polar surface area (TPSA) is 54.9 Å². The summed E-state index contributed by atoms with van der Waals surface area (Å²) in [4.78, 5) is 12.2. The monoisotopic (exact) mass is 443 g/mol. The van der Waals surface area contributed by atoms with Crippen LogP contribution in [0.25, 0.3) is 11.1 Å². The van der Waals surface area contributed by atoms with E-state index in [0.717, 1.165) is 23.5 Å². The number of nitrogens with zero attached hydrogens (tertiary/aromatic N) is 2. The quantitative estimate of drug-likeness (QED) is 0.522. The summed E-state index contributed by atoms with van der Waals surface area (Å²) in [6.07, 6.45) is -2.96. The summed E-state index contributed by atoms with van der Waals surface area (Å²) in [5.74, 6) is -0.468. The average molecular weight is 444 g/mol. The number of anilines is 1. The van der Waals surface area contributed by atoms with Crippen molar-refractivity contribution in [2.45, 2.75) is 6.18 Å². The van der Waals surface area contributed by atoms with Gasteiger partial charge in [-0.05, 0) is 48.0 Å². The highest BCUT2D eigenvalue weighted by molar-refractivity contribution is 7.15. The van der Waals surface area contributed by atoms with Crippen LogP contribution in [0.5, 0.6) is 0 Å². The summed E-state index contributed by atoms with van der Waals surface area (Å²) >= 11 is 12.9. The van der Waals surface area contributed by atoms with E-state index in [0.29, 0.717) is 16.3 Å². The number of benzene rings is 2. The van der Waals surface area contributed by atoms with Gasteiger partial charge in [0.15, 0.2) is 5.01 Å². The maximum absolute atomic E-state index is 12.6. The summed E-state index contributed by atoms with van der Waals surface area (Å²) in [7, 11) is 0. The SMILES string of the molecule is O=C(Nc1ccc(Cl)cc1)c1nnc(/C(Cl)=C/c2ccc(C(F)(F)F)cc2)s1. The maximum atomic E-state index is 12.6. The van der Waals surface area contributed by atoms with Crippen LogP contribution in [0.1, 0.15) is 25.9 Å². The van der Waals surface area contributed by atoms with Gasteiger partial charge in [0.25, 0.3) is 5.91 Å². The predicted molar refractivity (Wildman–Crippen MR) is 104 cm³/mol. The van der Waals surface area contributed by atoms with Crippen LogP contribution in [0.3, 0.4) is 0 Å². The first-order valence-corrected chi connectivity index (χ1v) is 9.25. The molecule has 0 unspecified atom stereocenters. The molecule has 0 fully saturated rings. The van der Waals surface area contributed by atoms with Crippen LogP contribution >= 0.6 is 34.5 Å². The zero-order valence-electron chi connectivity index (χ0n) is 13.8. The van der Waals surface area contributed by atoms with Crippen LogP contribution in [0, 0.1) is 0 Å². The molecule has 144 valence electrons. The van der Waals surface area contributed by atoms with Crippen molar-refractivity contribution in [1.29, 1.82) is 0 Å². The van der Waals surface area contributed by atoms with Gasteiger partial charge in [-0.2, -0.15) is 13.2 Å². The molecule has 0 saturated heterocycles. The Morgan fingerprint density at radius 2 is 1.61 bits per heavy atom. The van der Waals surface area contributed by atoms with Gasteiger partial charge in [0.05, 0.1) is 10.6 Å². The van der Waals surface area contributed by atoms with Gasteiger partial charge in [-0.25, -0.2) is 0 Å². The fourth-order valence-corrected chi connectivity index (χ4v) is 3.16. The number of aromatic nitrogens is 2. The minimum Gasteiger partial charge on any atom is -0.320 e. The van der Waals surface area contributed by atoms with E-state index in [9.17, 15) is 18.0 Å². The molecule has 1 N–H and O–H groups in total. The van der Waals surface area contributed by atoms with E-state index < -0.39 is 17.6 Å². The molecule has 1 aromatic heterocycles. The van der Waals surface area contributed by atoms with Gasteiger partial charge < -0.3 is 5.32 Å². The summed E-state index contributed by atoms with van der Waals surface area (Å²) in [5.41, 5.74) is 0.246. The number of hydrogen-bond donors (Lipinski definition) is 1. The van der Waals surface area contributed by atoms with E-state index in [1.807, 2.05) is 0 Å². The van der Waals surface area contributed by atoms with Gasteiger partial charge in [-0.15, -0.1) is 10.2 Å². The molecule has 3 aromatic rings. The molecule has 10 heteroatoms. The van der Waals surface area contributed by atoms with Crippen molar-refractivity contribution in [1.82, 2.24) is 10.2 Å². The van der Waals surface area contributed by atoms with Crippen LogP contribution in [-0.2, 0) is 6.18 Å². The largest absolute Gasteiger partial charge is 0.416 e. The Morgan fingerprint density at radius 1 is 1.00 bits per heavy atom. The smallest absolute Gasteiger partial charge is 0.320 e. The van der Waals surface area contributed by atoms with Gasteiger partial charge in [-0.3, -0.25) is 4.79 Å². The van der Waals surface area contributed by atoms with E-state index in [1.54, 1.807) is 24.3 Å². The summed E-state index contributed by atoms with van der Waals surface area (Å²) in [6, 6.07) is 11.0. The Hall–Kier alpha value is -2.42. The van der Waals surface area contributed by atoms with E-state index in [4.69, 9.17) is 23.2 Å². The number of halogens is 5. The first-order chi connectivity index (χ1) is 13.2. The van der Waals surface area contributed by atoms with Crippen molar-refractivity contribution in [3.8, 4) is 0 Å². The maximum Gasteiger partial charge on any atom is 0.416 e. The number of nitrogens with one attached hydrogen (secondary N) is 1. The molecule has 28 heavy (non-hydrogen) atoms. The lowest BCUT2D eigenvalue weighted by molar-refractivity contribution is -0.137. The predicted octanol–water partition coefficient (Wildman–Crippen LogP) is 6.20. The van der Waals surface area contributed by atoms with Crippen molar-refractivity contribution in [3.05, 3.63) is 74.7 Å². The standard InChI is InChI=1S/C18H10Cl2F3N3OS/c19-12-5-7-13(8-6-12)24-15(27)17-26-25-16(28-17)14(20)9-10-1-3-11(4-2-10)18(21,22)23/h1-9H,(H,24,27)/b14-9-. The fourth-order valence-electron chi connectivity index (χ4n) is 2.11. The molecular weight excluding hydrogens is 434 g/mol. The Morgan fingerprint density at radius 3 is 2.21 bits per heavy atom. The molecule has 0 aliphatic heterocycles. The normalized spacial score (nSPS) is 12.1. The van der Waals surface area contributed by atoms with Gasteiger partial charge in [-0.1, -0.05) is 46.7 Å². The Bertz CT molecular complexity index is 1020. The van der Waals surface area contributed by atoms with Gasteiger partial charge in [0.2, 0.25) is 5.01 Å². The fraction of sp³-hybridized carbons (Fsp3) is 0.0556. The molecule has 0 aliphatic rings. The number of rotatable bonds is 4. The first-order valence-electron chi connectivity index (χ1n) is 7.67. The van der Waals surface area contributed by atoms with Crippen molar-refractivity contribution in [2.24, 2.45) is 0 Å². The highest BCUT2D eigenvalue weighted by atomic mass is 35.5. The molecule has 0 atom stereocenters. The molecular formula is C18H10Cl2F3N3OS. The molecule has 0 aliphatic carbocycles. The highest BCUT2D eigenvalue weighted by Gasteiger charge is 2.29. The van der Waals surface area contributed by atoms with Crippen molar-refractivity contribution < 1.29 is 18.0 Å². The lowest BCUT2D eigenvalue weighted by atomic mass is 10.1. The Labute approximate surface area is 171 Å². The number of amides is 1. The minimum absolute atomic E-state index is 0.0870. The summed E-state index contributed by atoms with van der Waals surface area (Å²) in [5, 5.41) is 11.3. The number of alkyl halides is 3. The molecule has 4 nitrogen and oxygen atoms in total. The zero-order valence-corrected chi connectivity index (χ0v) is 16.1. The molecule has 3 rings (SSSR count). The Kier molecular flexibility index (Phi) is 6.02. The second-order valence-corrected chi connectivity index (χ2v) is 7.31. The van der Waals surface area contributed by atoms with Crippen molar-refractivity contribution in [2.75, 3.05) is 5.32 Å². The zero-order chi connectivity index (χ0) is 20.3.